The van der Waals surface area contributed by atoms with Crippen molar-refractivity contribution in [1.82, 2.24) is 0 Å². The first-order valence-electron chi connectivity index (χ1n) is 3.64. The van der Waals surface area contributed by atoms with Gasteiger partial charge in [0.25, 0.3) is 0 Å². The van der Waals surface area contributed by atoms with Crippen LogP contribution in [0.4, 0.5) is 0 Å². The maximum Gasteiger partial charge on any atom is 0.0617 e. The molecule has 0 aromatic heterocycles. The summed E-state index contributed by atoms with van der Waals surface area (Å²) < 4.78 is 0.573. The summed E-state index contributed by atoms with van der Waals surface area (Å²) in [5.41, 5.74) is 0. The first-order chi connectivity index (χ1) is 4.72. The van der Waals surface area contributed by atoms with Crippen LogP contribution in [0.3, 0.4) is 0 Å². The molecule has 3 heteroatoms. The number of alkyl halides is 3. The van der Waals surface area contributed by atoms with Crippen molar-refractivity contribution in [3.05, 3.63) is 0 Å². The molecule has 0 saturated heterocycles. The topological polar surface area (TPSA) is 0 Å². The molecule has 1 aliphatic carbocycles. The Hall–Kier alpha value is 1.31. The van der Waals surface area contributed by atoms with Crippen LogP contribution >= 0.6 is 45.8 Å². The van der Waals surface area contributed by atoms with E-state index >= 15 is 0 Å². The van der Waals surface area contributed by atoms with Crippen molar-refractivity contribution in [2.45, 2.75) is 40.4 Å². The smallest absolute Gasteiger partial charge is 0.0617 e. The summed E-state index contributed by atoms with van der Waals surface area (Å²) in [6.45, 7) is 0. The predicted molar refractivity (Wildman–Crippen MR) is 55.6 cm³/mol. The fraction of sp³-hybridized carbons (Fsp3) is 1.00. The molecule has 0 amide bonds. The predicted octanol–water partition coefficient (Wildman–Crippen LogP) is 3.58. The molecule has 3 unspecified atom stereocenters. The molecule has 60 valence electrons. The van der Waals surface area contributed by atoms with Gasteiger partial charge < -0.3 is 0 Å². The van der Waals surface area contributed by atoms with Gasteiger partial charge in [-0.3, -0.25) is 0 Å². The fourth-order valence-corrected chi connectivity index (χ4v) is 2.99. The molecule has 10 heavy (non-hydrogen) atoms. The van der Waals surface area contributed by atoms with Gasteiger partial charge in [0.15, 0.2) is 0 Å². The largest absolute Gasteiger partial charge is 0.121 e. The first kappa shape index (κ1) is 9.40. The normalized spacial score (nSPS) is 42.9. The Kier molecular flexibility index (Phi) is 4.10. The number of hydrogen-bond acceptors (Lipinski definition) is 0. The third-order valence-corrected chi connectivity index (χ3v) is 4.95. The molecule has 0 radical (unpaired) electrons. The van der Waals surface area contributed by atoms with Gasteiger partial charge in [-0.2, -0.15) is 0 Å². The Morgan fingerprint density at radius 1 is 1.10 bits per heavy atom. The fourth-order valence-electron chi connectivity index (χ4n) is 1.22. The van der Waals surface area contributed by atoms with Crippen molar-refractivity contribution >= 4 is 45.8 Å². The molecule has 0 aromatic rings. The molecule has 1 saturated carbocycles. The van der Waals surface area contributed by atoms with Crippen molar-refractivity contribution in [3.8, 4) is 0 Å². The Balaban J connectivity index is 2.46. The number of rotatable bonds is 0. The lowest BCUT2D eigenvalue weighted by molar-refractivity contribution is 0.708. The first-order valence-corrected chi connectivity index (χ1v) is 5.76. The van der Waals surface area contributed by atoms with E-state index in [0.29, 0.717) is 3.92 Å². The maximum absolute atomic E-state index is 6.08. The summed E-state index contributed by atoms with van der Waals surface area (Å²) in [5, 5.41) is 0.385. The van der Waals surface area contributed by atoms with Crippen molar-refractivity contribution < 1.29 is 0 Å². The summed E-state index contributed by atoms with van der Waals surface area (Å²) in [6.07, 6.45) is 4.87. The molecule has 0 aliphatic heterocycles. The second kappa shape index (κ2) is 4.36. The zero-order chi connectivity index (χ0) is 7.56. The second-order valence-electron chi connectivity index (χ2n) is 2.76. The van der Waals surface area contributed by atoms with Crippen molar-refractivity contribution in [1.29, 1.82) is 0 Å². The van der Waals surface area contributed by atoms with E-state index in [4.69, 9.17) is 23.2 Å². The summed E-state index contributed by atoms with van der Waals surface area (Å²) in [5.74, 6) is 0. The molecular weight excluding hydrogens is 282 g/mol. The van der Waals surface area contributed by atoms with Gasteiger partial charge >= 0.3 is 0 Å². The molecule has 1 rings (SSSR count). The van der Waals surface area contributed by atoms with E-state index in [1.807, 2.05) is 0 Å². The van der Waals surface area contributed by atoms with Crippen molar-refractivity contribution in [3.63, 3.8) is 0 Å². The third-order valence-electron chi connectivity index (χ3n) is 1.90. The van der Waals surface area contributed by atoms with Crippen LogP contribution in [0.15, 0.2) is 0 Å². The molecule has 3 atom stereocenters. The van der Waals surface area contributed by atoms with Crippen LogP contribution < -0.4 is 0 Å². The highest BCUT2D eigenvalue weighted by Crippen LogP contribution is 2.31. The van der Waals surface area contributed by atoms with Gasteiger partial charge in [-0.25, -0.2) is 0 Å². The van der Waals surface area contributed by atoms with E-state index in [0.717, 1.165) is 6.42 Å². The molecule has 0 N–H and O–H groups in total. The van der Waals surface area contributed by atoms with E-state index < -0.39 is 0 Å². The minimum atomic E-state index is 0.185. The monoisotopic (exact) mass is 292 g/mol. The lowest BCUT2D eigenvalue weighted by Crippen LogP contribution is -2.22. The lowest BCUT2D eigenvalue weighted by Gasteiger charge is -2.16. The summed E-state index contributed by atoms with van der Waals surface area (Å²) in [6, 6.07) is 0. The minimum absolute atomic E-state index is 0.185. The summed E-state index contributed by atoms with van der Waals surface area (Å²) >= 11 is 14.5. The highest BCUT2D eigenvalue weighted by Gasteiger charge is 2.26. The molecular formula is C7H11Cl2I. The highest BCUT2D eigenvalue weighted by molar-refractivity contribution is 14.1. The van der Waals surface area contributed by atoms with Crippen LogP contribution in [0.25, 0.3) is 0 Å². The van der Waals surface area contributed by atoms with Gasteiger partial charge in [-0.15, -0.1) is 23.2 Å². The van der Waals surface area contributed by atoms with E-state index in [1.165, 1.54) is 19.3 Å². The van der Waals surface area contributed by atoms with E-state index in [-0.39, 0.29) is 10.8 Å². The van der Waals surface area contributed by atoms with Crippen LogP contribution in [0.2, 0.25) is 0 Å². The van der Waals surface area contributed by atoms with Crippen LogP contribution in [-0.4, -0.2) is 14.7 Å². The Morgan fingerprint density at radius 2 is 1.70 bits per heavy atom. The molecule has 0 heterocycles. The summed E-state index contributed by atoms with van der Waals surface area (Å²) in [7, 11) is 0. The summed E-state index contributed by atoms with van der Waals surface area (Å²) in [4.78, 5) is 0. The van der Waals surface area contributed by atoms with E-state index in [2.05, 4.69) is 22.6 Å². The van der Waals surface area contributed by atoms with Gasteiger partial charge in [0, 0.05) is 3.92 Å². The van der Waals surface area contributed by atoms with Gasteiger partial charge in [0.1, 0.15) is 0 Å². The Bertz CT molecular complexity index is 95.8. The SMILES string of the molecule is ClC1CCCCC(I)C1Cl. The standard InChI is InChI=1S/C7H11Cl2I/c8-5-3-1-2-4-6(10)7(5)9/h5-7H,1-4H2. The van der Waals surface area contributed by atoms with Crippen molar-refractivity contribution in [2.75, 3.05) is 0 Å². The number of halogens is 3. The molecule has 1 fully saturated rings. The van der Waals surface area contributed by atoms with Gasteiger partial charge in [-0.05, 0) is 12.8 Å². The van der Waals surface area contributed by atoms with Crippen LogP contribution in [-0.2, 0) is 0 Å². The van der Waals surface area contributed by atoms with Crippen LogP contribution in [0.1, 0.15) is 25.7 Å². The highest BCUT2D eigenvalue weighted by atomic mass is 127. The minimum Gasteiger partial charge on any atom is -0.121 e. The molecule has 0 spiro atoms. The molecule has 0 nitrogen and oxygen atoms in total. The Labute approximate surface area is 85.8 Å². The number of hydrogen-bond donors (Lipinski definition) is 0. The molecule has 1 aliphatic rings. The van der Waals surface area contributed by atoms with Gasteiger partial charge in [0.2, 0.25) is 0 Å². The quantitative estimate of drug-likeness (QED) is 0.364. The zero-order valence-electron chi connectivity index (χ0n) is 5.69. The van der Waals surface area contributed by atoms with Crippen LogP contribution in [0, 0.1) is 0 Å². The second-order valence-corrected chi connectivity index (χ2v) is 5.43. The van der Waals surface area contributed by atoms with Crippen LogP contribution in [0.5, 0.6) is 0 Å². The van der Waals surface area contributed by atoms with Gasteiger partial charge in [0.05, 0.1) is 10.8 Å². The van der Waals surface area contributed by atoms with Gasteiger partial charge in [-0.1, -0.05) is 35.4 Å². The maximum atomic E-state index is 6.08. The van der Waals surface area contributed by atoms with Crippen molar-refractivity contribution in [2.24, 2.45) is 0 Å². The van der Waals surface area contributed by atoms with E-state index in [9.17, 15) is 0 Å². The Morgan fingerprint density at radius 3 is 2.40 bits per heavy atom. The average Bonchev–Trinajstić information content (AvgIpc) is 2.04. The average molecular weight is 293 g/mol. The zero-order valence-corrected chi connectivity index (χ0v) is 9.36. The third kappa shape index (κ3) is 2.42. The molecule has 0 aromatic carbocycles. The van der Waals surface area contributed by atoms with E-state index in [1.54, 1.807) is 0 Å². The molecule has 0 bridgehead atoms. The lowest BCUT2D eigenvalue weighted by atomic mass is 10.2.